The summed E-state index contributed by atoms with van der Waals surface area (Å²) in [5.41, 5.74) is 15.4. The van der Waals surface area contributed by atoms with Crippen LogP contribution in [-0.2, 0) is 0 Å². The maximum Gasteiger partial charge on any atom is 0.134 e. The van der Waals surface area contributed by atoms with Gasteiger partial charge in [0.2, 0.25) is 0 Å². The van der Waals surface area contributed by atoms with Gasteiger partial charge >= 0.3 is 0 Å². The minimum atomic E-state index is 0.637. The molecule has 4 aliphatic heterocycles. The molecule has 4 aliphatic rings. The fourth-order valence-electron chi connectivity index (χ4n) is 11.5. The maximum atomic E-state index is 6.66. The summed E-state index contributed by atoms with van der Waals surface area (Å²) < 4.78 is 13.3. The van der Waals surface area contributed by atoms with E-state index in [9.17, 15) is 0 Å². The Morgan fingerprint density at radius 1 is 0.225 bits per heavy atom. The third kappa shape index (κ3) is 8.43. The molecule has 386 valence electrons. The molecule has 0 aliphatic carbocycles. The van der Waals surface area contributed by atoms with E-state index in [2.05, 4.69) is 255 Å². The minimum Gasteiger partial charge on any atom is -0.457 e. The lowest BCUT2D eigenvalue weighted by Crippen LogP contribution is -2.25. The predicted molar refractivity (Wildman–Crippen MR) is 323 cm³/mol. The van der Waals surface area contributed by atoms with Crippen LogP contribution in [0.5, 0.6) is 23.0 Å². The molecule has 11 aromatic rings. The van der Waals surface area contributed by atoms with Crippen molar-refractivity contribution in [3.05, 3.63) is 267 Å². The second-order valence-electron chi connectivity index (χ2n) is 20.0. The van der Waals surface area contributed by atoms with Gasteiger partial charge in [0, 0.05) is 70.8 Å². The van der Waals surface area contributed by atoms with E-state index in [0.29, 0.717) is 26.7 Å². The van der Waals surface area contributed by atoms with Gasteiger partial charge in [0.1, 0.15) is 61.3 Å². The van der Waals surface area contributed by atoms with Crippen LogP contribution in [0, 0.1) is 0 Å². The van der Waals surface area contributed by atoms with E-state index < -0.39 is 0 Å². The number of hydrogen-bond donors (Lipinski definition) is 0. The number of anilines is 16. The van der Waals surface area contributed by atoms with Crippen molar-refractivity contribution in [2.75, 3.05) is 65.9 Å². The number of pyridine rings is 2. The van der Waals surface area contributed by atoms with Crippen molar-refractivity contribution in [3.63, 3.8) is 0 Å². The first-order chi connectivity index (χ1) is 39.6. The summed E-state index contributed by atoms with van der Waals surface area (Å²) in [7, 11) is 0. The predicted octanol–water partition coefficient (Wildman–Crippen LogP) is 17.1. The lowest BCUT2D eigenvalue weighted by atomic mass is 10.2. The van der Waals surface area contributed by atoms with Crippen molar-refractivity contribution in [1.82, 2.24) is 9.97 Å². The van der Waals surface area contributed by atoms with Crippen LogP contribution in [0.2, 0.25) is 0 Å². The van der Waals surface area contributed by atoms with Gasteiger partial charge in [-0.1, -0.05) is 84.9 Å². The second kappa shape index (κ2) is 19.7. The van der Waals surface area contributed by atoms with Crippen LogP contribution in [0.25, 0.3) is 0 Å². The molecule has 0 saturated carbocycles. The summed E-state index contributed by atoms with van der Waals surface area (Å²) >= 11 is 0. The highest BCUT2D eigenvalue weighted by Crippen LogP contribution is 2.50. The van der Waals surface area contributed by atoms with E-state index >= 15 is 0 Å². The van der Waals surface area contributed by atoms with Crippen molar-refractivity contribution in [2.24, 2.45) is 0 Å². The number of hydrogen-bond acceptors (Lipinski definition) is 12. The number of aromatic nitrogens is 2. The Kier molecular flexibility index (Phi) is 11.5. The molecule has 0 atom stereocenters. The molecule has 15 rings (SSSR count). The summed E-state index contributed by atoms with van der Waals surface area (Å²) in [6.45, 7) is 2.56. The van der Waals surface area contributed by atoms with Gasteiger partial charge in [-0.2, -0.15) is 0 Å². The standard InChI is InChI=1S/C68H52N10O2/c1-3-27-61-59(25-1)71(45-73(61)51-17-13-21-55(41-51)79-57-23-15-19-53(43-57)75-47-77(67-33-9-11-39-69-67)65-31-7-5-29-63(65)75)49-35-37-50(38-36-49)72-46-74(62-28-4-2-26-60(62)72)52-18-14-22-56(42-52)80-58-24-16-20-54(44-58)76-48-78(68-34-10-12-40-70-68)66-32-8-6-30-64(66)76/h1-44H,45-48H2. The van der Waals surface area contributed by atoms with Gasteiger partial charge < -0.3 is 48.7 Å². The van der Waals surface area contributed by atoms with E-state index in [0.717, 1.165) is 114 Å². The number of benzene rings is 9. The van der Waals surface area contributed by atoms with Crippen LogP contribution in [-0.4, -0.2) is 36.6 Å². The van der Waals surface area contributed by atoms with E-state index in [4.69, 9.17) is 9.47 Å². The molecule has 0 saturated heterocycles. The molecule has 80 heavy (non-hydrogen) atoms. The second-order valence-corrected chi connectivity index (χ2v) is 20.0. The SMILES string of the molecule is c1ccc(N2CN(c3cccc(Oc4cccc(N5CN(c6ccc(N7CN(c8cccc(Oc9cccc(N%10CN(c%11ccccn%11)c%11ccccc%11%10)c9)c8)c8ccccc87)cc6)c6ccccc65)c4)c3)c3ccccc32)nc1. The minimum absolute atomic E-state index is 0.637. The Morgan fingerprint density at radius 2 is 0.475 bits per heavy atom. The molecule has 0 radical (unpaired) electrons. The van der Waals surface area contributed by atoms with Crippen LogP contribution in [0.15, 0.2) is 267 Å². The summed E-state index contributed by atoms with van der Waals surface area (Å²) in [6.07, 6.45) is 3.68. The molecule has 9 aromatic carbocycles. The number of nitrogens with zero attached hydrogens (tertiary/aromatic N) is 10. The molecule has 6 heterocycles. The zero-order chi connectivity index (χ0) is 52.9. The quantitative estimate of drug-likeness (QED) is 0.117. The van der Waals surface area contributed by atoms with Crippen LogP contribution in [0.3, 0.4) is 0 Å². The molecule has 0 bridgehead atoms. The highest BCUT2D eigenvalue weighted by atomic mass is 16.5. The van der Waals surface area contributed by atoms with Crippen molar-refractivity contribution >= 4 is 91.3 Å². The Labute approximate surface area is 464 Å². The van der Waals surface area contributed by atoms with Crippen LogP contribution < -0.4 is 48.7 Å². The van der Waals surface area contributed by atoms with E-state index in [1.807, 2.05) is 60.9 Å². The summed E-state index contributed by atoms with van der Waals surface area (Å²) in [4.78, 5) is 27.9. The largest absolute Gasteiger partial charge is 0.457 e. The molecular formula is C68H52N10O2. The van der Waals surface area contributed by atoms with Crippen LogP contribution >= 0.6 is 0 Å². The van der Waals surface area contributed by atoms with Crippen molar-refractivity contribution < 1.29 is 9.47 Å². The van der Waals surface area contributed by atoms with E-state index in [1.54, 1.807) is 0 Å². The van der Waals surface area contributed by atoms with Crippen molar-refractivity contribution in [3.8, 4) is 23.0 Å². The summed E-state index contributed by atoms with van der Waals surface area (Å²) in [5.74, 6) is 4.88. The summed E-state index contributed by atoms with van der Waals surface area (Å²) in [6, 6.07) is 88.6. The van der Waals surface area contributed by atoms with E-state index in [-0.39, 0.29) is 0 Å². The smallest absolute Gasteiger partial charge is 0.134 e. The molecule has 0 amide bonds. The van der Waals surface area contributed by atoms with Gasteiger partial charge in [-0.15, -0.1) is 0 Å². The van der Waals surface area contributed by atoms with Crippen molar-refractivity contribution in [2.45, 2.75) is 0 Å². The first-order valence-corrected chi connectivity index (χ1v) is 26.9. The normalized spacial score (nSPS) is 14.1. The zero-order valence-corrected chi connectivity index (χ0v) is 43.5. The molecule has 2 aromatic heterocycles. The summed E-state index contributed by atoms with van der Waals surface area (Å²) in [5, 5.41) is 0. The monoisotopic (exact) mass is 1040 g/mol. The lowest BCUT2D eigenvalue weighted by Gasteiger charge is -2.25. The molecular weight excluding hydrogens is 989 g/mol. The average molecular weight is 1040 g/mol. The first-order valence-electron chi connectivity index (χ1n) is 26.9. The molecule has 0 spiro atoms. The van der Waals surface area contributed by atoms with Gasteiger partial charge in [0.05, 0.1) is 45.5 Å². The highest BCUT2D eigenvalue weighted by molar-refractivity contribution is 5.91. The number of para-hydroxylation sites is 8. The van der Waals surface area contributed by atoms with Gasteiger partial charge in [-0.25, -0.2) is 9.97 Å². The lowest BCUT2D eigenvalue weighted by molar-refractivity contribution is 0.482. The van der Waals surface area contributed by atoms with Gasteiger partial charge in [-0.05, 0) is 146 Å². The molecule has 0 fully saturated rings. The number of rotatable bonds is 12. The fourth-order valence-corrected chi connectivity index (χ4v) is 11.5. The Balaban J connectivity index is 0.640. The topological polar surface area (TPSA) is 70.2 Å². The first kappa shape index (κ1) is 46.6. The number of ether oxygens (including phenoxy) is 2. The maximum absolute atomic E-state index is 6.66. The van der Waals surface area contributed by atoms with E-state index in [1.165, 1.54) is 0 Å². The van der Waals surface area contributed by atoms with Crippen molar-refractivity contribution in [1.29, 1.82) is 0 Å². The molecule has 12 heteroatoms. The fraction of sp³-hybridized carbons (Fsp3) is 0.0588. The van der Waals surface area contributed by atoms with Gasteiger partial charge in [-0.3, -0.25) is 0 Å². The average Bonchev–Trinajstić information content (AvgIpc) is 4.33. The van der Waals surface area contributed by atoms with Crippen LogP contribution in [0.4, 0.5) is 91.3 Å². The Morgan fingerprint density at radius 3 is 0.750 bits per heavy atom. The molecule has 0 unspecified atom stereocenters. The Bertz CT molecular complexity index is 3810. The third-order valence-corrected chi connectivity index (χ3v) is 15.3. The zero-order valence-electron chi connectivity index (χ0n) is 43.5. The molecule has 12 nitrogen and oxygen atoms in total. The van der Waals surface area contributed by atoms with Gasteiger partial charge in [0.15, 0.2) is 0 Å². The third-order valence-electron chi connectivity index (χ3n) is 15.3. The Hall–Kier alpha value is -10.7. The van der Waals surface area contributed by atoms with Gasteiger partial charge in [0.25, 0.3) is 0 Å². The highest BCUT2D eigenvalue weighted by Gasteiger charge is 2.33. The number of fused-ring (bicyclic) bond motifs is 4. The van der Waals surface area contributed by atoms with Crippen LogP contribution in [0.1, 0.15) is 0 Å². The molecule has 0 N–H and O–H groups in total.